The van der Waals surface area contributed by atoms with E-state index in [1.54, 1.807) is 6.20 Å². The number of fused-ring (bicyclic) bond motifs is 4. The first kappa shape index (κ1) is 22.5. The Morgan fingerprint density at radius 1 is 1.08 bits per heavy atom. The van der Waals surface area contributed by atoms with Crippen molar-refractivity contribution in [2.24, 2.45) is 5.73 Å². The lowest BCUT2D eigenvalue weighted by Crippen LogP contribution is -2.32. The Morgan fingerprint density at radius 2 is 1.97 bits per heavy atom. The van der Waals surface area contributed by atoms with Gasteiger partial charge in [-0.1, -0.05) is 0 Å². The van der Waals surface area contributed by atoms with E-state index in [-0.39, 0.29) is 6.04 Å². The van der Waals surface area contributed by atoms with Crippen LogP contribution in [0.25, 0.3) is 22.0 Å². The van der Waals surface area contributed by atoms with E-state index in [1.807, 2.05) is 48.3 Å². The van der Waals surface area contributed by atoms with Gasteiger partial charge in [-0.3, -0.25) is 4.68 Å². The maximum atomic E-state index is 6.37. The summed E-state index contributed by atoms with van der Waals surface area (Å²) in [5.41, 5.74) is 16.1. The number of nitrogens with zero attached hydrogens (tertiary/aromatic N) is 6. The van der Waals surface area contributed by atoms with Gasteiger partial charge in [0.1, 0.15) is 30.7 Å². The summed E-state index contributed by atoms with van der Waals surface area (Å²) in [5.74, 6) is 4.21. The molecule has 0 radical (unpaired) electrons. The zero-order valence-electron chi connectivity index (χ0n) is 20.9. The minimum atomic E-state index is -0.174. The SMILES string of the molecule is Cc1c(-c2cc3cc(Nc4cc5n(n4)Cc4nccn4CC5)ncc3c(N)n2)ccc2c1OC[C@@H](N)CO2. The van der Waals surface area contributed by atoms with E-state index in [0.29, 0.717) is 42.9 Å². The summed E-state index contributed by atoms with van der Waals surface area (Å²) in [6.07, 6.45) is 6.47. The van der Waals surface area contributed by atoms with Gasteiger partial charge in [0.05, 0.1) is 18.3 Å². The van der Waals surface area contributed by atoms with Crippen LogP contribution < -0.4 is 26.3 Å². The Balaban J connectivity index is 1.21. The Labute approximate surface area is 218 Å². The zero-order chi connectivity index (χ0) is 25.8. The summed E-state index contributed by atoms with van der Waals surface area (Å²) >= 11 is 0. The molecule has 4 aromatic heterocycles. The van der Waals surface area contributed by atoms with E-state index in [9.17, 15) is 0 Å². The highest BCUT2D eigenvalue weighted by molar-refractivity contribution is 5.95. The monoisotopic (exact) mass is 509 g/mol. The van der Waals surface area contributed by atoms with E-state index < -0.39 is 0 Å². The van der Waals surface area contributed by atoms with Crippen molar-refractivity contribution in [2.75, 3.05) is 24.3 Å². The molecule has 2 aliphatic rings. The van der Waals surface area contributed by atoms with E-state index in [2.05, 4.69) is 30.9 Å². The number of pyridine rings is 2. The van der Waals surface area contributed by atoms with E-state index in [0.717, 1.165) is 57.9 Å². The highest BCUT2D eigenvalue weighted by atomic mass is 16.5. The number of aromatic nitrogens is 6. The van der Waals surface area contributed by atoms with Crippen molar-refractivity contribution in [3.05, 3.63) is 66.0 Å². The summed E-state index contributed by atoms with van der Waals surface area (Å²) in [6.45, 7) is 4.33. The maximum Gasteiger partial charge on any atom is 0.164 e. The fourth-order valence-corrected chi connectivity index (χ4v) is 5.10. The molecule has 1 atom stereocenters. The Hall–Kier alpha value is -4.64. The number of hydrogen-bond donors (Lipinski definition) is 3. The molecule has 0 bridgehead atoms. The van der Waals surface area contributed by atoms with Crippen molar-refractivity contribution < 1.29 is 9.47 Å². The molecule has 11 nitrogen and oxygen atoms in total. The number of imidazole rings is 1. The molecule has 0 fully saturated rings. The number of nitrogens with one attached hydrogen (secondary N) is 1. The molecule has 192 valence electrons. The fourth-order valence-electron chi connectivity index (χ4n) is 5.10. The predicted molar refractivity (Wildman–Crippen MR) is 144 cm³/mol. The lowest BCUT2D eigenvalue weighted by Gasteiger charge is -2.15. The van der Waals surface area contributed by atoms with Gasteiger partial charge in [-0.2, -0.15) is 5.10 Å². The summed E-state index contributed by atoms with van der Waals surface area (Å²) in [7, 11) is 0. The average Bonchev–Trinajstić information content (AvgIpc) is 3.41. The van der Waals surface area contributed by atoms with Crippen LogP contribution in [0.15, 0.2) is 48.9 Å². The van der Waals surface area contributed by atoms with E-state index in [4.69, 9.17) is 26.0 Å². The number of ether oxygens (including phenoxy) is 2. The van der Waals surface area contributed by atoms with Crippen molar-refractivity contribution in [2.45, 2.75) is 32.5 Å². The lowest BCUT2D eigenvalue weighted by atomic mass is 10.0. The van der Waals surface area contributed by atoms with Gasteiger partial charge in [-0.05, 0) is 36.6 Å². The van der Waals surface area contributed by atoms with Crippen molar-refractivity contribution in [1.82, 2.24) is 29.3 Å². The molecule has 2 aliphatic heterocycles. The summed E-state index contributed by atoms with van der Waals surface area (Å²) in [5, 5.41) is 9.81. The molecule has 5 aromatic rings. The first-order valence-corrected chi connectivity index (χ1v) is 12.6. The minimum absolute atomic E-state index is 0.174. The third kappa shape index (κ3) is 3.88. The van der Waals surface area contributed by atoms with Crippen molar-refractivity contribution in [1.29, 1.82) is 0 Å². The molecule has 5 N–H and O–H groups in total. The molecule has 11 heteroatoms. The lowest BCUT2D eigenvalue weighted by molar-refractivity contribution is 0.264. The van der Waals surface area contributed by atoms with Gasteiger partial charge in [0.25, 0.3) is 0 Å². The Bertz CT molecular complexity index is 1690. The van der Waals surface area contributed by atoms with E-state index >= 15 is 0 Å². The van der Waals surface area contributed by atoms with Crippen molar-refractivity contribution in [3.8, 4) is 22.8 Å². The second-order valence-electron chi connectivity index (χ2n) is 9.72. The van der Waals surface area contributed by atoms with Gasteiger partial charge in [0, 0.05) is 59.8 Å². The third-order valence-corrected chi connectivity index (χ3v) is 7.11. The first-order chi connectivity index (χ1) is 18.5. The molecule has 0 aliphatic carbocycles. The molecular weight excluding hydrogens is 482 g/mol. The molecule has 38 heavy (non-hydrogen) atoms. The van der Waals surface area contributed by atoms with Crippen LogP contribution in [0.5, 0.6) is 11.5 Å². The number of aryl methyl sites for hydroxylation is 2. The highest BCUT2D eigenvalue weighted by Crippen LogP contribution is 2.39. The van der Waals surface area contributed by atoms with Gasteiger partial charge >= 0.3 is 0 Å². The molecule has 0 amide bonds. The largest absolute Gasteiger partial charge is 0.488 e. The van der Waals surface area contributed by atoms with Gasteiger partial charge in [-0.15, -0.1) is 0 Å². The molecule has 0 spiro atoms. The number of benzene rings is 1. The normalized spacial score (nSPS) is 16.4. The molecule has 0 saturated heterocycles. The summed E-state index contributed by atoms with van der Waals surface area (Å²) in [4.78, 5) is 13.7. The van der Waals surface area contributed by atoms with Crippen LogP contribution >= 0.6 is 0 Å². The summed E-state index contributed by atoms with van der Waals surface area (Å²) < 4.78 is 16.0. The second-order valence-corrected chi connectivity index (χ2v) is 9.72. The van der Waals surface area contributed by atoms with Crippen LogP contribution in [0.2, 0.25) is 0 Å². The average molecular weight is 510 g/mol. The van der Waals surface area contributed by atoms with Crippen LogP contribution in [0.3, 0.4) is 0 Å². The maximum absolute atomic E-state index is 6.37. The first-order valence-electron chi connectivity index (χ1n) is 12.6. The molecule has 1 aromatic carbocycles. The van der Waals surface area contributed by atoms with Crippen LogP contribution in [0.4, 0.5) is 17.5 Å². The van der Waals surface area contributed by atoms with Crippen molar-refractivity contribution >= 4 is 28.2 Å². The van der Waals surface area contributed by atoms with Gasteiger partial charge in [-0.25, -0.2) is 15.0 Å². The number of anilines is 3. The molecule has 6 heterocycles. The van der Waals surface area contributed by atoms with Crippen LogP contribution in [-0.2, 0) is 19.5 Å². The number of rotatable bonds is 3. The topological polar surface area (TPSA) is 144 Å². The smallest absolute Gasteiger partial charge is 0.164 e. The quantitative estimate of drug-likeness (QED) is 0.334. The zero-order valence-corrected chi connectivity index (χ0v) is 20.9. The number of nitrogen functional groups attached to an aromatic ring is 1. The predicted octanol–water partition coefficient (Wildman–Crippen LogP) is 3.03. The summed E-state index contributed by atoms with van der Waals surface area (Å²) in [6, 6.07) is 9.74. The molecule has 7 rings (SSSR count). The Morgan fingerprint density at radius 3 is 2.89 bits per heavy atom. The number of nitrogens with two attached hydrogens (primary N) is 2. The Kier molecular flexibility index (Phi) is 5.18. The van der Waals surface area contributed by atoms with Gasteiger partial charge in [0.15, 0.2) is 17.3 Å². The van der Waals surface area contributed by atoms with Crippen LogP contribution in [0, 0.1) is 6.92 Å². The van der Waals surface area contributed by atoms with Crippen LogP contribution in [-0.4, -0.2) is 48.6 Å². The second kappa shape index (κ2) is 8.73. The molecular formula is C27H27N9O2. The van der Waals surface area contributed by atoms with E-state index in [1.165, 1.54) is 0 Å². The molecule has 0 saturated carbocycles. The van der Waals surface area contributed by atoms with Gasteiger partial charge in [0.2, 0.25) is 0 Å². The number of hydrogen-bond acceptors (Lipinski definition) is 9. The molecule has 0 unspecified atom stereocenters. The standard InChI is InChI=1S/C27H27N9O2/c1-15-19(2-3-22-26(15)38-14-17(28)13-37-22)21-8-16-9-23(31-11-20(16)27(29)32-21)33-24-10-18-4-6-35-7-5-30-25(35)12-36(18)34-24/h2-3,5,7-11,17H,4,6,12-14,28H2,1H3,(H2,29,32)(H,31,33,34)/t17-/m0/s1. The third-order valence-electron chi connectivity index (χ3n) is 7.11. The van der Waals surface area contributed by atoms with Crippen LogP contribution in [0.1, 0.15) is 17.1 Å². The highest BCUT2D eigenvalue weighted by Gasteiger charge is 2.21. The van der Waals surface area contributed by atoms with Crippen molar-refractivity contribution in [3.63, 3.8) is 0 Å². The minimum Gasteiger partial charge on any atom is -0.488 e. The van der Waals surface area contributed by atoms with Gasteiger partial charge < -0.3 is 30.8 Å². The fraction of sp³-hybridized carbons (Fsp3) is 0.259.